The highest BCUT2D eigenvalue weighted by Crippen LogP contribution is 2.34. The van der Waals surface area contributed by atoms with Crippen molar-refractivity contribution < 1.29 is 4.79 Å². The zero-order chi connectivity index (χ0) is 15.0. The lowest BCUT2D eigenvalue weighted by molar-refractivity contribution is -0.123. The number of anilines is 1. The molecule has 1 aromatic rings. The van der Waals surface area contributed by atoms with Gasteiger partial charge in [0.25, 0.3) is 0 Å². The van der Waals surface area contributed by atoms with Gasteiger partial charge >= 0.3 is 0 Å². The largest absolute Gasteiger partial charge is 0.321 e. The van der Waals surface area contributed by atoms with Gasteiger partial charge in [0.1, 0.15) is 5.02 Å². The van der Waals surface area contributed by atoms with Gasteiger partial charge in [0.15, 0.2) is 5.82 Å². The van der Waals surface area contributed by atoms with Crippen molar-refractivity contribution in [3.05, 3.63) is 10.7 Å². The number of rotatable bonds is 3. The minimum absolute atomic E-state index is 0.196. The fourth-order valence-corrected chi connectivity index (χ4v) is 1.92. The summed E-state index contributed by atoms with van der Waals surface area (Å²) in [6.45, 7) is 9.39. The first-order valence-corrected chi connectivity index (χ1v) is 6.83. The molecule has 108 valence electrons. The van der Waals surface area contributed by atoms with Crippen molar-refractivity contribution in [1.29, 1.82) is 0 Å². The quantitative estimate of drug-likeness (QED) is 0.666. The third-order valence-corrected chi connectivity index (χ3v) is 3.77. The lowest BCUT2D eigenvalue weighted by atomic mass is 9.92. The van der Waals surface area contributed by atoms with Gasteiger partial charge in [-0.2, -0.15) is 9.89 Å². The number of alkyl halides is 1. The summed E-state index contributed by atoms with van der Waals surface area (Å²) in [7, 11) is 0. The Balaban J connectivity index is 3.11. The number of aromatic nitrogens is 2. The van der Waals surface area contributed by atoms with Crippen molar-refractivity contribution in [3.63, 3.8) is 0 Å². The zero-order valence-electron chi connectivity index (χ0n) is 11.8. The number of nitrogens with two attached hydrogens (primary N) is 1. The molecule has 0 aliphatic rings. The van der Waals surface area contributed by atoms with Crippen LogP contribution in [-0.4, -0.2) is 21.7 Å². The molecular formula is C12H20Cl2N4O. The fraction of sp³-hybridized carbons (Fsp3) is 0.667. The molecule has 0 atom stereocenters. The summed E-state index contributed by atoms with van der Waals surface area (Å²) in [4.78, 5) is 13.2. The van der Waals surface area contributed by atoms with Crippen LogP contribution in [0.5, 0.6) is 0 Å². The van der Waals surface area contributed by atoms with Gasteiger partial charge in [-0.25, -0.2) is 0 Å². The third kappa shape index (κ3) is 3.34. The summed E-state index contributed by atoms with van der Waals surface area (Å²) >= 11 is 12.0. The molecule has 5 nitrogen and oxygen atoms in total. The predicted molar refractivity (Wildman–Crippen MR) is 79.2 cm³/mol. The summed E-state index contributed by atoms with van der Waals surface area (Å²) in [6, 6.07) is 0. The highest BCUT2D eigenvalue weighted by atomic mass is 35.5. The monoisotopic (exact) mass is 306 g/mol. The average Bonchev–Trinajstić information content (AvgIpc) is 2.56. The van der Waals surface area contributed by atoms with E-state index in [9.17, 15) is 4.79 Å². The van der Waals surface area contributed by atoms with Crippen molar-refractivity contribution in [3.8, 4) is 0 Å². The highest BCUT2D eigenvalue weighted by molar-refractivity contribution is 6.34. The summed E-state index contributed by atoms with van der Waals surface area (Å²) in [5.74, 6) is 5.97. The highest BCUT2D eigenvalue weighted by Gasteiger charge is 2.31. The zero-order valence-corrected chi connectivity index (χ0v) is 13.4. The molecule has 0 fully saturated rings. The number of hydrogen-bond acceptors (Lipinski definition) is 3. The number of hydrogen-bond donors (Lipinski definition) is 2. The Labute approximate surface area is 123 Å². The molecule has 0 aliphatic carbocycles. The number of carbonyl (C=O) groups excluding carboxylic acids is 1. The van der Waals surface area contributed by atoms with Gasteiger partial charge in [-0.1, -0.05) is 32.4 Å². The van der Waals surface area contributed by atoms with Gasteiger partial charge < -0.3 is 11.2 Å². The van der Waals surface area contributed by atoms with Crippen LogP contribution in [0.3, 0.4) is 0 Å². The Morgan fingerprint density at radius 2 is 1.89 bits per heavy atom. The molecule has 1 amide bonds. The molecule has 0 aliphatic heterocycles. The van der Waals surface area contributed by atoms with Crippen LogP contribution in [0.4, 0.5) is 5.82 Å². The second-order valence-electron chi connectivity index (χ2n) is 6.18. The van der Waals surface area contributed by atoms with Crippen LogP contribution >= 0.6 is 23.2 Å². The Morgan fingerprint density at radius 1 is 1.37 bits per heavy atom. The molecule has 1 rings (SSSR count). The van der Waals surface area contributed by atoms with E-state index in [0.29, 0.717) is 10.7 Å². The summed E-state index contributed by atoms with van der Waals surface area (Å²) in [5, 5.41) is 7.19. The van der Waals surface area contributed by atoms with Crippen molar-refractivity contribution in [2.24, 2.45) is 5.41 Å². The first kappa shape index (κ1) is 16.1. The normalized spacial score (nSPS) is 12.6. The minimum Gasteiger partial charge on any atom is -0.321 e. The standard InChI is InChI=1S/C12H20Cl2N4O/c1-11(2,3)8-7(14)9(18(15)17-8)16-10(19)12(4,5)6-13/h6,15H2,1-5H3,(H,16,19). The molecule has 0 unspecified atom stereocenters. The maximum absolute atomic E-state index is 12.1. The van der Waals surface area contributed by atoms with E-state index in [-0.39, 0.29) is 23.0 Å². The molecule has 0 bridgehead atoms. The molecule has 1 aromatic heterocycles. The van der Waals surface area contributed by atoms with E-state index in [1.807, 2.05) is 20.8 Å². The van der Waals surface area contributed by atoms with Crippen LogP contribution in [0.25, 0.3) is 0 Å². The van der Waals surface area contributed by atoms with E-state index in [0.717, 1.165) is 4.79 Å². The van der Waals surface area contributed by atoms with Gasteiger partial charge in [-0.05, 0) is 13.8 Å². The lowest BCUT2D eigenvalue weighted by Gasteiger charge is -2.20. The smallest absolute Gasteiger partial charge is 0.232 e. The Bertz CT molecular complexity index is 489. The fourth-order valence-electron chi connectivity index (χ4n) is 1.34. The van der Waals surface area contributed by atoms with Crippen LogP contribution in [0, 0.1) is 5.41 Å². The summed E-state index contributed by atoms with van der Waals surface area (Å²) in [5.41, 5.74) is -0.337. The SMILES string of the molecule is CC(C)(CCl)C(=O)Nc1c(Cl)c(C(C)(C)C)nn1N. The molecule has 7 heteroatoms. The molecule has 0 radical (unpaired) electrons. The van der Waals surface area contributed by atoms with E-state index in [4.69, 9.17) is 29.0 Å². The summed E-state index contributed by atoms with van der Waals surface area (Å²) < 4.78 is 0. The molecule has 0 aromatic carbocycles. The second kappa shape index (κ2) is 5.21. The molecule has 19 heavy (non-hydrogen) atoms. The summed E-state index contributed by atoms with van der Waals surface area (Å²) in [6.07, 6.45) is 0. The van der Waals surface area contributed by atoms with Gasteiger partial charge in [0, 0.05) is 11.3 Å². The number of nitrogen functional groups attached to an aromatic ring is 1. The number of amides is 1. The maximum Gasteiger partial charge on any atom is 0.232 e. The predicted octanol–water partition coefficient (Wildman–Crippen LogP) is 2.75. The molecular weight excluding hydrogens is 287 g/mol. The van der Waals surface area contributed by atoms with E-state index in [2.05, 4.69) is 10.4 Å². The van der Waals surface area contributed by atoms with Gasteiger partial charge in [-0.15, -0.1) is 11.6 Å². The van der Waals surface area contributed by atoms with Crippen molar-refractivity contribution in [2.75, 3.05) is 17.0 Å². The van der Waals surface area contributed by atoms with Crippen molar-refractivity contribution in [2.45, 2.75) is 40.0 Å². The molecule has 0 saturated carbocycles. The number of halogens is 2. The molecule has 0 spiro atoms. The number of carbonyl (C=O) groups is 1. The van der Waals surface area contributed by atoms with E-state index >= 15 is 0 Å². The number of nitrogens with one attached hydrogen (secondary N) is 1. The van der Waals surface area contributed by atoms with Gasteiger partial charge in [-0.3, -0.25) is 4.79 Å². The van der Waals surface area contributed by atoms with Gasteiger partial charge in [0.05, 0.1) is 11.1 Å². The van der Waals surface area contributed by atoms with E-state index in [1.165, 1.54) is 0 Å². The van der Waals surface area contributed by atoms with Gasteiger partial charge in [0.2, 0.25) is 5.91 Å². The molecule has 1 heterocycles. The van der Waals surface area contributed by atoms with Crippen LogP contribution in [0.2, 0.25) is 5.02 Å². The van der Waals surface area contributed by atoms with Crippen LogP contribution in [0.15, 0.2) is 0 Å². The molecule has 3 N–H and O–H groups in total. The maximum atomic E-state index is 12.1. The Hall–Kier alpha value is -0.940. The van der Waals surface area contributed by atoms with Crippen molar-refractivity contribution in [1.82, 2.24) is 9.89 Å². The Kier molecular flexibility index (Phi) is 4.42. The van der Waals surface area contributed by atoms with Crippen LogP contribution < -0.4 is 11.2 Å². The first-order chi connectivity index (χ1) is 8.50. The third-order valence-electron chi connectivity index (χ3n) is 2.74. The Morgan fingerprint density at radius 3 is 2.26 bits per heavy atom. The lowest BCUT2D eigenvalue weighted by Crippen LogP contribution is -2.33. The molecule has 0 saturated heterocycles. The van der Waals surface area contributed by atoms with E-state index < -0.39 is 5.41 Å². The average molecular weight is 307 g/mol. The topological polar surface area (TPSA) is 72.9 Å². The first-order valence-electron chi connectivity index (χ1n) is 5.92. The minimum atomic E-state index is -0.711. The van der Waals surface area contributed by atoms with E-state index in [1.54, 1.807) is 13.8 Å². The van der Waals surface area contributed by atoms with Crippen LogP contribution in [-0.2, 0) is 10.2 Å². The van der Waals surface area contributed by atoms with Crippen molar-refractivity contribution >= 4 is 34.9 Å². The number of nitrogens with zero attached hydrogens (tertiary/aromatic N) is 2. The van der Waals surface area contributed by atoms with Crippen LogP contribution in [0.1, 0.15) is 40.3 Å². The second-order valence-corrected chi connectivity index (χ2v) is 6.82.